The van der Waals surface area contributed by atoms with Crippen LogP contribution in [0.4, 0.5) is 8.78 Å². The van der Waals surface area contributed by atoms with Gasteiger partial charge in [-0.15, -0.1) is 0 Å². The second-order valence-corrected chi connectivity index (χ2v) is 3.28. The molecule has 0 bridgehead atoms. The quantitative estimate of drug-likeness (QED) is 0.810. The van der Waals surface area contributed by atoms with Crippen molar-refractivity contribution in [2.75, 3.05) is 13.7 Å². The Bertz CT molecular complexity index is 369. The van der Waals surface area contributed by atoms with Crippen LogP contribution in [0, 0.1) is 11.6 Å². The van der Waals surface area contributed by atoms with Gasteiger partial charge in [0, 0.05) is 5.56 Å². The molecule has 15 heavy (non-hydrogen) atoms. The smallest absolute Gasteiger partial charge is 0.209 e. The van der Waals surface area contributed by atoms with Crippen LogP contribution in [0.3, 0.4) is 0 Å². The number of nitrogens with two attached hydrogens (primary N) is 1. The lowest BCUT2D eigenvalue weighted by Gasteiger charge is -2.14. The average Bonchev–Trinajstić information content (AvgIpc) is 2.23. The number of ether oxygens (including phenoxy) is 1. The summed E-state index contributed by atoms with van der Waals surface area (Å²) in [6.07, 6.45) is 0. The van der Waals surface area contributed by atoms with E-state index in [0.717, 1.165) is 13.2 Å². The maximum Gasteiger partial charge on any atom is 0.209 e. The van der Waals surface area contributed by atoms with E-state index in [-0.39, 0.29) is 18.0 Å². The van der Waals surface area contributed by atoms with E-state index in [9.17, 15) is 13.9 Å². The van der Waals surface area contributed by atoms with Crippen LogP contribution in [0.25, 0.3) is 0 Å². The maximum absolute atomic E-state index is 13.4. The van der Waals surface area contributed by atoms with Gasteiger partial charge in [-0.05, 0) is 18.5 Å². The van der Waals surface area contributed by atoms with E-state index >= 15 is 0 Å². The minimum absolute atomic E-state index is 0.147. The second kappa shape index (κ2) is 4.44. The lowest BCUT2D eigenvalue weighted by Crippen LogP contribution is -2.10. The molecule has 0 saturated carbocycles. The lowest BCUT2D eigenvalue weighted by molar-refractivity contribution is 0.339. The average molecular weight is 217 g/mol. The summed E-state index contributed by atoms with van der Waals surface area (Å²) in [4.78, 5) is 0. The summed E-state index contributed by atoms with van der Waals surface area (Å²) in [5, 5.41) is 9.46. The van der Waals surface area contributed by atoms with Crippen molar-refractivity contribution < 1.29 is 18.6 Å². The summed E-state index contributed by atoms with van der Waals surface area (Å²) in [6, 6.07) is 1.04. The minimum Gasteiger partial charge on any atom is -0.505 e. The fourth-order valence-corrected chi connectivity index (χ4v) is 1.30. The Kier molecular flexibility index (Phi) is 3.47. The van der Waals surface area contributed by atoms with Gasteiger partial charge in [0.25, 0.3) is 0 Å². The molecule has 1 aromatic rings. The molecule has 0 aromatic heterocycles. The molecule has 5 heteroatoms. The summed E-state index contributed by atoms with van der Waals surface area (Å²) in [5.41, 5.74) is 5.50. The van der Waals surface area contributed by atoms with Crippen molar-refractivity contribution in [1.82, 2.24) is 0 Å². The molecule has 0 saturated heterocycles. The van der Waals surface area contributed by atoms with Gasteiger partial charge in [-0.2, -0.15) is 4.39 Å². The molecule has 1 rings (SSSR count). The molecule has 3 nitrogen and oxygen atoms in total. The van der Waals surface area contributed by atoms with Gasteiger partial charge in [-0.3, -0.25) is 0 Å². The number of benzene rings is 1. The molecule has 1 aromatic carbocycles. The molecular formula is C10H13F2NO2. The Hall–Kier alpha value is -1.36. The van der Waals surface area contributed by atoms with Crippen molar-refractivity contribution in [3.63, 3.8) is 0 Å². The predicted molar refractivity (Wildman–Crippen MR) is 52.0 cm³/mol. The number of aromatic hydroxyl groups is 1. The fourth-order valence-electron chi connectivity index (χ4n) is 1.30. The van der Waals surface area contributed by atoms with Crippen molar-refractivity contribution in [2.45, 2.75) is 12.8 Å². The Labute approximate surface area is 86.5 Å². The van der Waals surface area contributed by atoms with Gasteiger partial charge in [0.05, 0.1) is 7.11 Å². The van der Waals surface area contributed by atoms with Gasteiger partial charge in [0.1, 0.15) is 0 Å². The van der Waals surface area contributed by atoms with Crippen molar-refractivity contribution in [2.24, 2.45) is 5.73 Å². The zero-order chi connectivity index (χ0) is 11.6. The topological polar surface area (TPSA) is 55.5 Å². The Morgan fingerprint density at radius 1 is 1.53 bits per heavy atom. The van der Waals surface area contributed by atoms with E-state index < -0.39 is 23.1 Å². The molecule has 0 fully saturated rings. The molecule has 1 atom stereocenters. The van der Waals surface area contributed by atoms with Gasteiger partial charge in [-0.1, -0.05) is 6.92 Å². The first-order valence-electron chi connectivity index (χ1n) is 4.47. The summed E-state index contributed by atoms with van der Waals surface area (Å²) in [7, 11) is 1.13. The minimum atomic E-state index is -1.09. The summed E-state index contributed by atoms with van der Waals surface area (Å²) in [5.74, 6) is -3.44. The van der Waals surface area contributed by atoms with E-state index in [2.05, 4.69) is 4.74 Å². The normalized spacial score (nSPS) is 12.6. The molecule has 0 aliphatic carbocycles. The van der Waals surface area contributed by atoms with Crippen molar-refractivity contribution in [3.05, 3.63) is 23.3 Å². The van der Waals surface area contributed by atoms with Gasteiger partial charge in [0.15, 0.2) is 17.3 Å². The molecule has 1 unspecified atom stereocenters. The van der Waals surface area contributed by atoms with Crippen LogP contribution in [-0.4, -0.2) is 18.8 Å². The van der Waals surface area contributed by atoms with Gasteiger partial charge >= 0.3 is 0 Å². The molecule has 0 amide bonds. The first-order valence-corrected chi connectivity index (χ1v) is 4.47. The van der Waals surface area contributed by atoms with E-state index in [1.165, 1.54) is 0 Å². The first kappa shape index (κ1) is 11.7. The maximum atomic E-state index is 13.4. The Morgan fingerprint density at radius 3 is 2.60 bits per heavy atom. The summed E-state index contributed by atoms with van der Waals surface area (Å²) < 4.78 is 31.1. The zero-order valence-electron chi connectivity index (χ0n) is 8.55. The standard InChI is InChI=1S/C10H13F2NO2/c1-5(4-13)6-3-7(11)10(15-2)8(12)9(6)14/h3,5,14H,4,13H2,1-2H3. The van der Waals surface area contributed by atoms with Crippen LogP contribution >= 0.6 is 0 Å². The van der Waals surface area contributed by atoms with E-state index in [1.807, 2.05) is 0 Å². The number of rotatable bonds is 3. The van der Waals surface area contributed by atoms with Crippen molar-refractivity contribution in [3.8, 4) is 11.5 Å². The molecule has 0 spiro atoms. The second-order valence-electron chi connectivity index (χ2n) is 3.28. The molecular weight excluding hydrogens is 204 g/mol. The highest BCUT2D eigenvalue weighted by molar-refractivity contribution is 5.44. The lowest BCUT2D eigenvalue weighted by atomic mass is 9.99. The van der Waals surface area contributed by atoms with Crippen LogP contribution in [0.15, 0.2) is 6.07 Å². The highest BCUT2D eigenvalue weighted by Gasteiger charge is 2.21. The van der Waals surface area contributed by atoms with Crippen molar-refractivity contribution in [1.29, 1.82) is 0 Å². The van der Waals surface area contributed by atoms with E-state index in [4.69, 9.17) is 5.73 Å². The molecule has 3 N–H and O–H groups in total. The van der Waals surface area contributed by atoms with E-state index in [1.54, 1.807) is 6.92 Å². The largest absolute Gasteiger partial charge is 0.505 e. The van der Waals surface area contributed by atoms with Crippen LogP contribution in [0.2, 0.25) is 0 Å². The van der Waals surface area contributed by atoms with Crippen LogP contribution in [0.5, 0.6) is 11.5 Å². The molecule has 0 aliphatic rings. The van der Waals surface area contributed by atoms with Crippen LogP contribution in [0.1, 0.15) is 18.4 Å². The molecule has 0 aliphatic heterocycles. The Morgan fingerprint density at radius 2 is 2.13 bits per heavy atom. The zero-order valence-corrected chi connectivity index (χ0v) is 8.55. The first-order chi connectivity index (χ1) is 7.02. The Balaban J connectivity index is 3.33. The number of hydrogen-bond donors (Lipinski definition) is 2. The number of hydrogen-bond acceptors (Lipinski definition) is 3. The summed E-state index contributed by atoms with van der Waals surface area (Å²) >= 11 is 0. The van der Waals surface area contributed by atoms with Gasteiger partial charge < -0.3 is 15.6 Å². The highest BCUT2D eigenvalue weighted by Crippen LogP contribution is 2.35. The number of phenols is 1. The van der Waals surface area contributed by atoms with Crippen LogP contribution < -0.4 is 10.5 Å². The summed E-state index contributed by atoms with van der Waals surface area (Å²) in [6.45, 7) is 1.86. The number of methoxy groups -OCH3 is 1. The number of halogens is 2. The third-order valence-corrected chi connectivity index (χ3v) is 2.27. The van der Waals surface area contributed by atoms with Crippen molar-refractivity contribution >= 4 is 0 Å². The van der Waals surface area contributed by atoms with Gasteiger partial charge in [-0.25, -0.2) is 4.39 Å². The highest BCUT2D eigenvalue weighted by atomic mass is 19.1. The third kappa shape index (κ3) is 2.02. The molecule has 84 valence electrons. The third-order valence-electron chi connectivity index (χ3n) is 2.27. The molecule has 0 radical (unpaired) electrons. The van der Waals surface area contributed by atoms with Gasteiger partial charge in [0.2, 0.25) is 5.82 Å². The van der Waals surface area contributed by atoms with Crippen LogP contribution in [-0.2, 0) is 0 Å². The monoisotopic (exact) mass is 217 g/mol. The predicted octanol–water partition coefficient (Wildman–Crippen LogP) is 1.74. The SMILES string of the molecule is COc1c(F)cc(C(C)CN)c(O)c1F. The fraction of sp³-hybridized carbons (Fsp3) is 0.400. The number of phenolic OH excluding ortho intramolecular Hbond substituents is 1. The van der Waals surface area contributed by atoms with E-state index in [0.29, 0.717) is 0 Å². The molecule has 0 heterocycles.